The predicted molar refractivity (Wildman–Crippen MR) is 100 cm³/mol. The van der Waals surface area contributed by atoms with Crippen LogP contribution in [0.3, 0.4) is 0 Å². The van der Waals surface area contributed by atoms with Crippen molar-refractivity contribution in [3.05, 3.63) is 29.8 Å². The molecule has 2 heterocycles. The van der Waals surface area contributed by atoms with Crippen molar-refractivity contribution in [3.63, 3.8) is 0 Å². The Morgan fingerprint density at radius 2 is 1.77 bits per heavy atom. The summed E-state index contributed by atoms with van der Waals surface area (Å²) in [6, 6.07) is 7.29. The summed E-state index contributed by atoms with van der Waals surface area (Å²) in [7, 11) is -3.50. The van der Waals surface area contributed by atoms with Crippen LogP contribution in [0.4, 0.5) is 0 Å². The second-order valence-electron chi connectivity index (χ2n) is 7.37. The second-order valence-corrected chi connectivity index (χ2v) is 9.28. The van der Waals surface area contributed by atoms with Gasteiger partial charge in [0, 0.05) is 32.7 Å². The number of likely N-dealkylation sites (tertiary alicyclic amines) is 1. The molecule has 146 valence electrons. The molecule has 0 saturated carbocycles. The number of benzene rings is 1. The Morgan fingerprint density at radius 1 is 1.12 bits per heavy atom. The minimum atomic E-state index is -3.50. The first-order valence-electron chi connectivity index (χ1n) is 9.55. The van der Waals surface area contributed by atoms with Crippen molar-refractivity contribution in [2.24, 2.45) is 0 Å². The summed E-state index contributed by atoms with van der Waals surface area (Å²) >= 11 is 0. The lowest BCUT2D eigenvalue weighted by Gasteiger charge is -2.38. The second kappa shape index (κ2) is 8.35. The molecule has 0 radical (unpaired) electrons. The van der Waals surface area contributed by atoms with Crippen molar-refractivity contribution < 1.29 is 18.3 Å². The Hall–Kier alpha value is -0.990. The van der Waals surface area contributed by atoms with E-state index in [4.69, 9.17) is 4.74 Å². The molecule has 7 heteroatoms. The van der Waals surface area contributed by atoms with Gasteiger partial charge in [0.2, 0.25) is 10.0 Å². The molecule has 2 saturated heterocycles. The highest BCUT2D eigenvalue weighted by molar-refractivity contribution is 7.89. The van der Waals surface area contributed by atoms with Crippen molar-refractivity contribution in [1.29, 1.82) is 0 Å². The van der Waals surface area contributed by atoms with Crippen molar-refractivity contribution in [1.82, 2.24) is 9.21 Å². The third kappa shape index (κ3) is 4.46. The molecule has 3 rings (SSSR count). The van der Waals surface area contributed by atoms with Crippen LogP contribution in [0.15, 0.2) is 29.2 Å². The zero-order valence-electron chi connectivity index (χ0n) is 15.6. The molecule has 1 N–H and O–H groups in total. The van der Waals surface area contributed by atoms with Crippen LogP contribution in [0.25, 0.3) is 0 Å². The first kappa shape index (κ1) is 19.8. The largest absolute Gasteiger partial charge is 0.390 e. The third-order valence-electron chi connectivity index (χ3n) is 5.46. The van der Waals surface area contributed by atoms with Crippen molar-refractivity contribution >= 4 is 10.0 Å². The van der Waals surface area contributed by atoms with Gasteiger partial charge in [-0.2, -0.15) is 4.31 Å². The van der Waals surface area contributed by atoms with E-state index in [1.54, 1.807) is 12.1 Å². The van der Waals surface area contributed by atoms with E-state index in [2.05, 4.69) is 11.8 Å². The van der Waals surface area contributed by atoms with E-state index in [-0.39, 0.29) is 0 Å². The third-order valence-corrected chi connectivity index (χ3v) is 7.46. The molecule has 2 aliphatic heterocycles. The summed E-state index contributed by atoms with van der Waals surface area (Å²) in [5.74, 6) is 0. The van der Waals surface area contributed by atoms with Crippen LogP contribution in [0, 0.1) is 0 Å². The molecule has 0 spiro atoms. The normalized spacial score (nSPS) is 22.4. The van der Waals surface area contributed by atoms with E-state index in [0.29, 0.717) is 37.7 Å². The van der Waals surface area contributed by atoms with Crippen LogP contribution >= 0.6 is 0 Å². The van der Waals surface area contributed by atoms with Crippen LogP contribution in [0.2, 0.25) is 0 Å². The maximum Gasteiger partial charge on any atom is 0.243 e. The monoisotopic (exact) mass is 382 g/mol. The van der Waals surface area contributed by atoms with Crippen LogP contribution in [0.1, 0.15) is 38.2 Å². The average Bonchev–Trinajstić information content (AvgIpc) is 2.65. The van der Waals surface area contributed by atoms with Gasteiger partial charge in [-0.15, -0.1) is 0 Å². The van der Waals surface area contributed by atoms with Gasteiger partial charge >= 0.3 is 0 Å². The molecule has 6 nitrogen and oxygen atoms in total. The molecule has 0 bridgehead atoms. The van der Waals surface area contributed by atoms with Crippen molar-refractivity contribution in [2.75, 3.05) is 39.4 Å². The van der Waals surface area contributed by atoms with Gasteiger partial charge in [-0.05, 0) is 30.9 Å². The summed E-state index contributed by atoms with van der Waals surface area (Å²) in [6.45, 7) is 5.99. The summed E-state index contributed by atoms with van der Waals surface area (Å²) < 4.78 is 32.9. The van der Waals surface area contributed by atoms with Gasteiger partial charge in [-0.25, -0.2) is 8.42 Å². The van der Waals surface area contributed by atoms with Crippen LogP contribution < -0.4 is 0 Å². The molecular weight excluding hydrogens is 352 g/mol. The standard InChI is InChI=1S/C19H30N2O4S/c1-2-7-19(22)8-10-20(11-9-19)16-17-5-3-4-6-18(17)26(23,24)21-12-14-25-15-13-21/h3-6,22H,2,7-16H2,1H3. The van der Waals surface area contributed by atoms with E-state index in [9.17, 15) is 13.5 Å². The van der Waals surface area contributed by atoms with Gasteiger partial charge in [0.05, 0.1) is 23.7 Å². The maximum atomic E-state index is 13.0. The number of nitrogens with zero attached hydrogens (tertiary/aromatic N) is 2. The molecule has 26 heavy (non-hydrogen) atoms. The lowest BCUT2D eigenvalue weighted by molar-refractivity contribution is -0.0299. The lowest BCUT2D eigenvalue weighted by Crippen LogP contribution is -2.44. The fraction of sp³-hybridized carbons (Fsp3) is 0.684. The number of ether oxygens (including phenoxy) is 1. The van der Waals surface area contributed by atoms with Gasteiger partial charge in [-0.1, -0.05) is 31.5 Å². The number of sulfonamides is 1. The van der Waals surface area contributed by atoms with E-state index < -0.39 is 15.6 Å². The minimum absolute atomic E-state index is 0.399. The summed E-state index contributed by atoms with van der Waals surface area (Å²) in [5, 5.41) is 10.6. The Bertz CT molecular complexity index is 693. The van der Waals surface area contributed by atoms with Crippen LogP contribution in [-0.4, -0.2) is 67.7 Å². The van der Waals surface area contributed by atoms with E-state index >= 15 is 0 Å². The Balaban J connectivity index is 1.72. The molecule has 0 atom stereocenters. The van der Waals surface area contributed by atoms with Crippen LogP contribution in [0.5, 0.6) is 0 Å². The first-order chi connectivity index (χ1) is 12.4. The van der Waals surface area contributed by atoms with Gasteiger partial charge < -0.3 is 9.84 Å². The molecule has 0 amide bonds. The van der Waals surface area contributed by atoms with Crippen molar-refractivity contribution in [2.45, 2.75) is 49.6 Å². The minimum Gasteiger partial charge on any atom is -0.390 e. The Kier molecular flexibility index (Phi) is 6.35. The molecule has 1 aromatic rings. The quantitative estimate of drug-likeness (QED) is 0.813. The molecular formula is C19H30N2O4S. The molecule has 2 fully saturated rings. The van der Waals surface area contributed by atoms with Crippen molar-refractivity contribution in [3.8, 4) is 0 Å². The highest BCUT2D eigenvalue weighted by atomic mass is 32.2. The van der Waals surface area contributed by atoms with Gasteiger partial charge in [0.1, 0.15) is 0 Å². The number of rotatable bonds is 6. The highest BCUT2D eigenvalue weighted by Gasteiger charge is 2.33. The molecule has 0 aromatic heterocycles. The SMILES string of the molecule is CCCC1(O)CCN(Cc2ccccc2S(=O)(=O)N2CCOCC2)CC1. The molecule has 1 aromatic carbocycles. The van der Waals surface area contributed by atoms with Crippen LogP contribution in [-0.2, 0) is 21.3 Å². The zero-order chi connectivity index (χ0) is 18.6. The summed E-state index contributed by atoms with van der Waals surface area (Å²) in [5.41, 5.74) is 0.282. The Morgan fingerprint density at radius 3 is 2.42 bits per heavy atom. The Labute approximate surface area is 156 Å². The van der Waals surface area contributed by atoms with Gasteiger partial charge in [0.15, 0.2) is 0 Å². The van der Waals surface area contributed by atoms with Gasteiger partial charge in [-0.3, -0.25) is 4.90 Å². The zero-order valence-corrected chi connectivity index (χ0v) is 16.4. The highest BCUT2D eigenvalue weighted by Crippen LogP contribution is 2.29. The number of morpholine rings is 1. The first-order valence-corrected chi connectivity index (χ1v) is 11.0. The van der Waals surface area contributed by atoms with Gasteiger partial charge in [0.25, 0.3) is 0 Å². The topological polar surface area (TPSA) is 70.1 Å². The number of aliphatic hydroxyl groups is 1. The van der Waals surface area contributed by atoms with E-state index in [1.807, 2.05) is 12.1 Å². The summed E-state index contributed by atoms with van der Waals surface area (Å²) in [6.07, 6.45) is 3.32. The summed E-state index contributed by atoms with van der Waals surface area (Å²) in [4.78, 5) is 2.65. The molecule has 0 unspecified atom stereocenters. The number of hydrogen-bond acceptors (Lipinski definition) is 5. The van der Waals surface area contributed by atoms with E-state index in [1.165, 1.54) is 4.31 Å². The predicted octanol–water partition coefficient (Wildman–Crippen LogP) is 1.83. The number of hydrogen-bond donors (Lipinski definition) is 1. The van der Waals surface area contributed by atoms with E-state index in [0.717, 1.165) is 44.3 Å². The molecule has 0 aliphatic carbocycles. The number of piperidine rings is 1. The smallest absolute Gasteiger partial charge is 0.243 e. The molecule has 2 aliphatic rings. The average molecular weight is 383 g/mol. The fourth-order valence-electron chi connectivity index (χ4n) is 3.90. The lowest BCUT2D eigenvalue weighted by atomic mass is 9.87. The maximum absolute atomic E-state index is 13.0. The fourth-order valence-corrected chi connectivity index (χ4v) is 5.52.